The Hall–Kier alpha value is -0.640. The molecule has 1 N–H and O–H groups in total. The van der Waals surface area contributed by atoms with Crippen LogP contribution in [-0.2, 0) is 4.74 Å². The van der Waals surface area contributed by atoms with Gasteiger partial charge in [0.25, 0.3) is 0 Å². The van der Waals surface area contributed by atoms with Crippen LogP contribution in [0.4, 0.5) is 4.39 Å². The fraction of sp³-hybridized carbons (Fsp3) is 0.571. The van der Waals surface area contributed by atoms with Crippen molar-refractivity contribution >= 4 is 11.6 Å². The zero-order valence-electron chi connectivity index (χ0n) is 10.6. The first-order valence-electron chi connectivity index (χ1n) is 6.48. The van der Waals surface area contributed by atoms with E-state index < -0.39 is 0 Å². The predicted molar refractivity (Wildman–Crippen MR) is 71.4 cm³/mol. The van der Waals surface area contributed by atoms with Gasteiger partial charge in [-0.3, -0.25) is 0 Å². The van der Waals surface area contributed by atoms with E-state index in [4.69, 9.17) is 16.3 Å². The first-order chi connectivity index (χ1) is 8.72. The molecule has 1 aromatic rings. The van der Waals surface area contributed by atoms with Crippen LogP contribution < -0.4 is 5.32 Å². The van der Waals surface area contributed by atoms with Gasteiger partial charge in [0.1, 0.15) is 5.82 Å². The molecule has 0 amide bonds. The molecule has 0 radical (unpaired) electrons. The molecule has 18 heavy (non-hydrogen) atoms. The number of ether oxygens (including phenoxy) is 1. The number of rotatable bonds is 4. The van der Waals surface area contributed by atoms with Crippen LogP contribution in [0.15, 0.2) is 18.2 Å². The fourth-order valence-electron chi connectivity index (χ4n) is 2.55. The van der Waals surface area contributed by atoms with Crippen LogP contribution in [0, 0.1) is 11.7 Å². The zero-order valence-corrected chi connectivity index (χ0v) is 11.3. The average Bonchev–Trinajstić information content (AvgIpc) is 2.40. The first-order valence-corrected chi connectivity index (χ1v) is 6.86. The second kappa shape index (κ2) is 6.50. The number of nitrogens with one attached hydrogen (secondary N) is 1. The van der Waals surface area contributed by atoms with Crippen LogP contribution in [-0.4, -0.2) is 19.8 Å². The van der Waals surface area contributed by atoms with Gasteiger partial charge in [0.15, 0.2) is 0 Å². The molecule has 0 spiro atoms. The maximum atomic E-state index is 13.4. The molecule has 1 heterocycles. The van der Waals surface area contributed by atoms with Gasteiger partial charge in [0, 0.05) is 24.3 Å². The summed E-state index contributed by atoms with van der Waals surface area (Å²) in [5, 5.41) is 4.06. The molecule has 1 saturated heterocycles. The molecule has 2 rings (SSSR count). The minimum Gasteiger partial charge on any atom is -0.381 e. The van der Waals surface area contributed by atoms with E-state index >= 15 is 0 Å². The summed E-state index contributed by atoms with van der Waals surface area (Å²) in [4.78, 5) is 0. The molecule has 1 aliphatic heterocycles. The standard InChI is InChI=1S/C14H19ClFNO/c1-2-17-14(10-5-7-18-8-6-10)12-9-11(16)3-4-13(12)15/h3-4,9-10,14,17H,2,5-8H2,1H3. The Morgan fingerprint density at radius 3 is 2.83 bits per heavy atom. The van der Waals surface area contributed by atoms with Crippen molar-refractivity contribution in [2.24, 2.45) is 5.92 Å². The van der Waals surface area contributed by atoms with E-state index in [0.29, 0.717) is 10.9 Å². The summed E-state index contributed by atoms with van der Waals surface area (Å²) in [6.45, 7) is 4.45. The first kappa shape index (κ1) is 13.8. The van der Waals surface area contributed by atoms with Gasteiger partial charge in [-0.15, -0.1) is 0 Å². The molecule has 0 bridgehead atoms. The molecule has 1 aromatic carbocycles. The van der Waals surface area contributed by atoms with E-state index in [9.17, 15) is 4.39 Å². The van der Waals surface area contributed by atoms with Crippen molar-refractivity contribution in [3.63, 3.8) is 0 Å². The van der Waals surface area contributed by atoms with Crippen molar-refractivity contribution < 1.29 is 9.13 Å². The quantitative estimate of drug-likeness (QED) is 0.904. The van der Waals surface area contributed by atoms with Gasteiger partial charge >= 0.3 is 0 Å². The number of hydrogen-bond acceptors (Lipinski definition) is 2. The molecule has 1 aliphatic rings. The summed E-state index contributed by atoms with van der Waals surface area (Å²) in [7, 11) is 0. The molecule has 1 fully saturated rings. The van der Waals surface area contributed by atoms with E-state index in [1.165, 1.54) is 6.07 Å². The van der Waals surface area contributed by atoms with E-state index in [1.807, 2.05) is 0 Å². The Kier molecular flexibility index (Phi) is 4.98. The van der Waals surface area contributed by atoms with Crippen molar-refractivity contribution in [3.8, 4) is 0 Å². The summed E-state index contributed by atoms with van der Waals surface area (Å²) in [5.41, 5.74) is 0.866. The molecule has 2 nitrogen and oxygen atoms in total. The normalized spacial score (nSPS) is 18.8. The Bertz CT molecular complexity index is 393. The van der Waals surface area contributed by atoms with Gasteiger partial charge < -0.3 is 10.1 Å². The summed E-state index contributed by atoms with van der Waals surface area (Å²) < 4.78 is 18.8. The van der Waals surface area contributed by atoms with Gasteiger partial charge in [0.2, 0.25) is 0 Å². The van der Waals surface area contributed by atoms with Crippen molar-refractivity contribution in [3.05, 3.63) is 34.6 Å². The van der Waals surface area contributed by atoms with Gasteiger partial charge in [-0.2, -0.15) is 0 Å². The maximum Gasteiger partial charge on any atom is 0.123 e. The Morgan fingerprint density at radius 2 is 2.17 bits per heavy atom. The highest BCUT2D eigenvalue weighted by Gasteiger charge is 2.26. The Balaban J connectivity index is 2.24. The lowest BCUT2D eigenvalue weighted by Gasteiger charge is -2.31. The Labute approximate surface area is 112 Å². The van der Waals surface area contributed by atoms with Crippen LogP contribution in [0.25, 0.3) is 0 Å². The molecule has 0 aliphatic carbocycles. The third kappa shape index (κ3) is 3.22. The monoisotopic (exact) mass is 271 g/mol. The molecule has 0 saturated carbocycles. The lowest BCUT2D eigenvalue weighted by molar-refractivity contribution is 0.0538. The van der Waals surface area contributed by atoms with Gasteiger partial charge in [-0.05, 0) is 49.1 Å². The van der Waals surface area contributed by atoms with E-state index in [1.54, 1.807) is 12.1 Å². The lowest BCUT2D eigenvalue weighted by atomic mass is 9.87. The van der Waals surface area contributed by atoms with E-state index in [0.717, 1.165) is 38.2 Å². The highest BCUT2D eigenvalue weighted by atomic mass is 35.5. The second-order valence-electron chi connectivity index (χ2n) is 4.65. The van der Waals surface area contributed by atoms with Crippen LogP contribution in [0.2, 0.25) is 5.02 Å². The highest BCUT2D eigenvalue weighted by molar-refractivity contribution is 6.31. The van der Waals surface area contributed by atoms with Gasteiger partial charge in [0.05, 0.1) is 0 Å². The number of hydrogen-bond donors (Lipinski definition) is 1. The summed E-state index contributed by atoms with van der Waals surface area (Å²) in [6.07, 6.45) is 1.98. The summed E-state index contributed by atoms with van der Waals surface area (Å²) >= 11 is 6.21. The van der Waals surface area contributed by atoms with Gasteiger partial charge in [-0.1, -0.05) is 18.5 Å². The largest absolute Gasteiger partial charge is 0.381 e. The van der Waals surface area contributed by atoms with Crippen molar-refractivity contribution in [2.75, 3.05) is 19.8 Å². The fourth-order valence-corrected chi connectivity index (χ4v) is 2.79. The maximum absolute atomic E-state index is 13.4. The third-order valence-electron chi connectivity index (χ3n) is 3.45. The van der Waals surface area contributed by atoms with Crippen molar-refractivity contribution in [1.82, 2.24) is 5.32 Å². The highest BCUT2D eigenvalue weighted by Crippen LogP contribution is 2.34. The van der Waals surface area contributed by atoms with E-state index in [2.05, 4.69) is 12.2 Å². The summed E-state index contributed by atoms with van der Waals surface area (Å²) in [6, 6.07) is 4.70. The molecule has 4 heteroatoms. The average molecular weight is 272 g/mol. The molecular weight excluding hydrogens is 253 g/mol. The minimum absolute atomic E-state index is 0.113. The minimum atomic E-state index is -0.232. The molecule has 0 aromatic heterocycles. The van der Waals surface area contributed by atoms with Gasteiger partial charge in [-0.25, -0.2) is 4.39 Å². The molecule has 100 valence electrons. The SMILES string of the molecule is CCNC(c1cc(F)ccc1Cl)C1CCOCC1. The molecular formula is C14H19ClFNO. The van der Waals surface area contributed by atoms with Crippen LogP contribution >= 0.6 is 11.6 Å². The topological polar surface area (TPSA) is 21.3 Å². The van der Waals surface area contributed by atoms with Crippen molar-refractivity contribution in [1.29, 1.82) is 0 Å². The summed E-state index contributed by atoms with van der Waals surface area (Å²) in [5.74, 6) is 0.224. The molecule has 1 atom stereocenters. The smallest absolute Gasteiger partial charge is 0.123 e. The third-order valence-corrected chi connectivity index (χ3v) is 3.80. The Morgan fingerprint density at radius 1 is 1.44 bits per heavy atom. The van der Waals surface area contributed by atoms with E-state index in [-0.39, 0.29) is 11.9 Å². The van der Waals surface area contributed by atoms with Crippen molar-refractivity contribution in [2.45, 2.75) is 25.8 Å². The van der Waals surface area contributed by atoms with Crippen LogP contribution in [0.3, 0.4) is 0 Å². The van der Waals surface area contributed by atoms with Crippen LogP contribution in [0.1, 0.15) is 31.4 Å². The number of benzene rings is 1. The number of halogens is 2. The van der Waals surface area contributed by atoms with Crippen LogP contribution in [0.5, 0.6) is 0 Å². The molecule has 1 unspecified atom stereocenters. The predicted octanol–water partition coefficient (Wildman–Crippen LogP) is 3.56. The zero-order chi connectivity index (χ0) is 13.0. The lowest BCUT2D eigenvalue weighted by Crippen LogP contribution is -2.32. The second-order valence-corrected chi connectivity index (χ2v) is 5.06.